The van der Waals surface area contributed by atoms with E-state index in [0.29, 0.717) is 11.6 Å². The SMILES string of the molecule is CC1CN(C(=O)c2cc3ccc(Br)cc3[nH]2)C1.CC1CNC1.Cl.O=C(O)c1cc2ccc(Br)cc2[nH]1. The molecule has 2 aromatic heterocycles. The van der Waals surface area contributed by atoms with Gasteiger partial charge < -0.3 is 25.3 Å². The van der Waals surface area contributed by atoms with Crippen LogP contribution in [0.2, 0.25) is 0 Å². The van der Waals surface area contributed by atoms with E-state index in [2.05, 4.69) is 61.0 Å². The first-order chi connectivity index (χ1) is 16.7. The molecule has 0 bridgehead atoms. The number of rotatable bonds is 2. The van der Waals surface area contributed by atoms with Gasteiger partial charge in [-0.25, -0.2) is 4.79 Å². The monoisotopic (exact) mass is 638 g/mol. The molecule has 4 N–H and O–H groups in total. The molecule has 0 radical (unpaired) electrons. The minimum atomic E-state index is -0.938. The maximum atomic E-state index is 12.1. The third kappa shape index (κ3) is 6.91. The summed E-state index contributed by atoms with van der Waals surface area (Å²) in [6, 6.07) is 15.1. The first kappa shape index (κ1) is 28.2. The Bertz CT molecular complexity index is 1360. The lowest BCUT2D eigenvalue weighted by Gasteiger charge is -2.36. The van der Waals surface area contributed by atoms with Crippen LogP contribution in [0.25, 0.3) is 21.8 Å². The number of fused-ring (bicyclic) bond motifs is 2. The summed E-state index contributed by atoms with van der Waals surface area (Å²) in [4.78, 5) is 30.6. The van der Waals surface area contributed by atoms with Crippen LogP contribution in [0, 0.1) is 11.8 Å². The number of nitrogens with one attached hydrogen (secondary N) is 3. The van der Waals surface area contributed by atoms with Gasteiger partial charge in [-0.3, -0.25) is 4.79 Å². The molecule has 1 amide bonds. The second kappa shape index (κ2) is 12.3. The molecule has 7 nitrogen and oxygen atoms in total. The average Bonchev–Trinajstić information content (AvgIpc) is 3.39. The van der Waals surface area contributed by atoms with Gasteiger partial charge in [-0.05, 0) is 61.3 Å². The highest BCUT2D eigenvalue weighted by atomic mass is 79.9. The summed E-state index contributed by atoms with van der Waals surface area (Å²) in [5, 5.41) is 13.9. The van der Waals surface area contributed by atoms with Crippen LogP contribution in [0.5, 0.6) is 0 Å². The molecular weight excluding hydrogens is 612 g/mol. The second-order valence-corrected chi connectivity index (χ2v) is 11.0. The molecule has 2 aromatic carbocycles. The molecule has 0 unspecified atom stereocenters. The Hall–Kier alpha value is -2.33. The van der Waals surface area contributed by atoms with Gasteiger partial charge in [0, 0.05) is 43.8 Å². The molecule has 0 atom stereocenters. The molecule has 2 fully saturated rings. The summed E-state index contributed by atoms with van der Waals surface area (Å²) >= 11 is 6.74. The van der Waals surface area contributed by atoms with Crippen molar-refractivity contribution in [1.82, 2.24) is 20.2 Å². The zero-order chi connectivity index (χ0) is 25.1. The fourth-order valence-electron chi connectivity index (χ4n) is 3.90. The average molecular weight is 641 g/mol. The number of aromatic amines is 2. The Kier molecular flexibility index (Phi) is 9.63. The first-order valence-electron chi connectivity index (χ1n) is 11.5. The number of carbonyl (C=O) groups excluding carboxylic acids is 1. The molecule has 0 saturated carbocycles. The molecule has 10 heteroatoms. The van der Waals surface area contributed by atoms with Crippen molar-refractivity contribution in [3.63, 3.8) is 0 Å². The lowest BCUT2D eigenvalue weighted by molar-refractivity contribution is 0.0525. The smallest absolute Gasteiger partial charge is 0.352 e. The van der Waals surface area contributed by atoms with Crippen LogP contribution < -0.4 is 5.32 Å². The van der Waals surface area contributed by atoms with Gasteiger partial charge in [-0.15, -0.1) is 12.4 Å². The van der Waals surface area contributed by atoms with E-state index >= 15 is 0 Å². The van der Waals surface area contributed by atoms with Gasteiger partial charge in [0.1, 0.15) is 11.4 Å². The molecule has 0 aliphatic carbocycles. The van der Waals surface area contributed by atoms with Crippen LogP contribution in [0.4, 0.5) is 0 Å². The Balaban J connectivity index is 0.000000168. The third-order valence-corrected chi connectivity index (χ3v) is 6.95. The molecular formula is C26H29Br2ClN4O3. The number of benzene rings is 2. The zero-order valence-electron chi connectivity index (χ0n) is 20.0. The molecule has 4 heterocycles. The normalized spacial score (nSPS) is 15.1. The number of H-pyrrole nitrogens is 2. The number of aromatic carboxylic acids is 1. The van der Waals surface area contributed by atoms with Gasteiger partial charge in [0.15, 0.2) is 0 Å². The molecule has 192 valence electrons. The van der Waals surface area contributed by atoms with E-state index in [1.165, 1.54) is 13.1 Å². The van der Waals surface area contributed by atoms with E-state index in [-0.39, 0.29) is 24.0 Å². The first-order valence-corrected chi connectivity index (χ1v) is 13.1. The molecule has 6 rings (SSSR count). The van der Waals surface area contributed by atoms with E-state index in [9.17, 15) is 9.59 Å². The number of hydrogen-bond acceptors (Lipinski definition) is 3. The number of carboxylic acid groups (broad SMARTS) is 1. The Labute approximate surface area is 232 Å². The van der Waals surface area contributed by atoms with Gasteiger partial charge in [-0.2, -0.15) is 0 Å². The van der Waals surface area contributed by atoms with E-state index < -0.39 is 5.97 Å². The number of likely N-dealkylation sites (tertiary alicyclic amines) is 1. The van der Waals surface area contributed by atoms with Crippen molar-refractivity contribution in [2.24, 2.45) is 11.8 Å². The maximum absolute atomic E-state index is 12.1. The van der Waals surface area contributed by atoms with Crippen molar-refractivity contribution in [3.05, 3.63) is 68.9 Å². The summed E-state index contributed by atoms with van der Waals surface area (Å²) < 4.78 is 1.95. The van der Waals surface area contributed by atoms with E-state index in [1.807, 2.05) is 47.4 Å². The zero-order valence-corrected chi connectivity index (χ0v) is 24.0. The summed E-state index contributed by atoms with van der Waals surface area (Å²) in [5.41, 5.74) is 2.72. The Morgan fingerprint density at radius 2 is 1.31 bits per heavy atom. The van der Waals surface area contributed by atoms with Crippen molar-refractivity contribution in [2.75, 3.05) is 26.2 Å². The van der Waals surface area contributed by atoms with E-state index in [1.54, 1.807) is 6.07 Å². The van der Waals surface area contributed by atoms with Gasteiger partial charge in [0.2, 0.25) is 0 Å². The third-order valence-electron chi connectivity index (χ3n) is 5.97. The van der Waals surface area contributed by atoms with Crippen molar-refractivity contribution >= 4 is 77.9 Å². The maximum Gasteiger partial charge on any atom is 0.352 e. The quantitative estimate of drug-likeness (QED) is 0.207. The largest absolute Gasteiger partial charge is 0.477 e. The Morgan fingerprint density at radius 1 is 0.833 bits per heavy atom. The van der Waals surface area contributed by atoms with Crippen LogP contribution in [0.1, 0.15) is 34.8 Å². The highest BCUT2D eigenvalue weighted by Crippen LogP contribution is 2.23. The number of halogens is 3. The van der Waals surface area contributed by atoms with Crippen LogP contribution in [-0.2, 0) is 0 Å². The topological polar surface area (TPSA) is 101 Å². The molecule has 2 aliphatic heterocycles. The molecule has 4 aromatic rings. The van der Waals surface area contributed by atoms with E-state index in [0.717, 1.165) is 49.8 Å². The number of nitrogens with zero attached hydrogens (tertiary/aromatic N) is 1. The highest BCUT2D eigenvalue weighted by molar-refractivity contribution is 9.10. The molecule has 0 spiro atoms. The standard InChI is InChI=1S/C13H13BrN2O.C9H6BrNO2.C4H9N.ClH/c1-8-6-16(7-8)13(17)12-4-9-2-3-10(14)5-11(9)15-12;10-6-2-1-5-3-8(9(12)13)11-7(5)4-6;1-4-2-5-3-4;/h2-5,8,15H,6-7H2,1H3;1-4,11H,(H,12,13);4-5H,2-3H2,1H3;1H. The number of hydrogen-bond donors (Lipinski definition) is 4. The lowest BCUT2D eigenvalue weighted by Crippen LogP contribution is -2.48. The predicted octanol–water partition coefficient (Wildman–Crippen LogP) is 6.30. The van der Waals surface area contributed by atoms with Gasteiger partial charge >= 0.3 is 5.97 Å². The number of aromatic nitrogens is 2. The van der Waals surface area contributed by atoms with E-state index in [4.69, 9.17) is 5.11 Å². The Morgan fingerprint density at radius 3 is 1.72 bits per heavy atom. The van der Waals surface area contributed by atoms with Crippen LogP contribution in [0.3, 0.4) is 0 Å². The fraction of sp³-hybridized carbons (Fsp3) is 0.308. The lowest BCUT2D eigenvalue weighted by atomic mass is 10.0. The van der Waals surface area contributed by atoms with Crippen molar-refractivity contribution in [1.29, 1.82) is 0 Å². The summed E-state index contributed by atoms with van der Waals surface area (Å²) in [6.07, 6.45) is 0. The second-order valence-electron chi connectivity index (χ2n) is 9.21. The minimum Gasteiger partial charge on any atom is -0.477 e. The predicted molar refractivity (Wildman–Crippen MR) is 153 cm³/mol. The van der Waals surface area contributed by atoms with Crippen LogP contribution in [0.15, 0.2) is 57.5 Å². The van der Waals surface area contributed by atoms with Gasteiger partial charge in [0.05, 0.1) is 0 Å². The number of amides is 1. The van der Waals surface area contributed by atoms with Gasteiger partial charge in [0.25, 0.3) is 5.91 Å². The molecule has 36 heavy (non-hydrogen) atoms. The van der Waals surface area contributed by atoms with Crippen molar-refractivity contribution < 1.29 is 14.7 Å². The minimum absolute atomic E-state index is 0. The molecule has 2 aliphatic rings. The summed E-state index contributed by atoms with van der Waals surface area (Å²) in [7, 11) is 0. The summed E-state index contributed by atoms with van der Waals surface area (Å²) in [6.45, 7) is 8.62. The number of carbonyl (C=O) groups is 2. The molecule has 2 saturated heterocycles. The van der Waals surface area contributed by atoms with Crippen LogP contribution in [-0.4, -0.2) is 58.0 Å². The number of carboxylic acids is 1. The highest BCUT2D eigenvalue weighted by Gasteiger charge is 2.28. The fourth-order valence-corrected chi connectivity index (χ4v) is 4.62. The van der Waals surface area contributed by atoms with Gasteiger partial charge in [-0.1, -0.05) is 57.8 Å². The summed E-state index contributed by atoms with van der Waals surface area (Å²) in [5.74, 6) is 0.759. The van der Waals surface area contributed by atoms with Crippen LogP contribution >= 0.6 is 44.3 Å². The van der Waals surface area contributed by atoms with Crippen molar-refractivity contribution in [3.8, 4) is 0 Å². The van der Waals surface area contributed by atoms with Crippen molar-refractivity contribution in [2.45, 2.75) is 13.8 Å².